The number of rotatable bonds is 6. The summed E-state index contributed by atoms with van der Waals surface area (Å²) in [6.45, 7) is 9.19. The SMILES string of the molecule is CC(NCCCN(C)C(=O)OC(C)(C)C)c1ccoc1. The molecule has 1 amide bonds. The molecular weight excluding hydrogens is 256 g/mol. The largest absolute Gasteiger partial charge is 0.472 e. The third kappa shape index (κ3) is 6.10. The highest BCUT2D eigenvalue weighted by atomic mass is 16.6. The van der Waals surface area contributed by atoms with Gasteiger partial charge in [0.1, 0.15) is 5.60 Å². The van der Waals surface area contributed by atoms with Crippen LogP contribution in [0, 0.1) is 0 Å². The molecule has 5 heteroatoms. The van der Waals surface area contributed by atoms with E-state index in [1.54, 1.807) is 24.5 Å². The standard InChI is InChI=1S/C15H26N2O3/c1-12(13-7-10-19-11-13)16-8-6-9-17(5)14(18)20-15(2,3)4/h7,10-12,16H,6,8-9H2,1-5H3. The summed E-state index contributed by atoms with van der Waals surface area (Å²) in [5.41, 5.74) is 0.685. The second kappa shape index (κ2) is 7.33. The number of nitrogens with one attached hydrogen (secondary N) is 1. The van der Waals surface area contributed by atoms with Crippen LogP contribution in [0.1, 0.15) is 45.7 Å². The predicted molar refractivity (Wildman–Crippen MR) is 78.6 cm³/mol. The van der Waals surface area contributed by atoms with Crippen LogP contribution in [0.2, 0.25) is 0 Å². The van der Waals surface area contributed by atoms with Gasteiger partial charge < -0.3 is 19.4 Å². The van der Waals surface area contributed by atoms with Crippen molar-refractivity contribution in [2.24, 2.45) is 0 Å². The Kier molecular flexibility index (Phi) is 6.07. The summed E-state index contributed by atoms with van der Waals surface area (Å²) < 4.78 is 10.3. The molecule has 114 valence electrons. The van der Waals surface area contributed by atoms with Gasteiger partial charge in [-0.25, -0.2) is 4.79 Å². The van der Waals surface area contributed by atoms with Gasteiger partial charge in [-0.2, -0.15) is 0 Å². The van der Waals surface area contributed by atoms with Crippen molar-refractivity contribution in [3.8, 4) is 0 Å². The zero-order valence-corrected chi connectivity index (χ0v) is 13.1. The first-order valence-electron chi connectivity index (χ1n) is 6.99. The fourth-order valence-corrected chi connectivity index (χ4v) is 1.71. The smallest absolute Gasteiger partial charge is 0.410 e. The summed E-state index contributed by atoms with van der Waals surface area (Å²) in [5.74, 6) is 0. The van der Waals surface area contributed by atoms with Crippen LogP contribution in [-0.4, -0.2) is 36.7 Å². The van der Waals surface area contributed by atoms with Crippen LogP contribution in [0.4, 0.5) is 4.79 Å². The predicted octanol–water partition coefficient (Wildman–Crippen LogP) is 3.19. The van der Waals surface area contributed by atoms with E-state index in [0.29, 0.717) is 6.54 Å². The van der Waals surface area contributed by atoms with E-state index in [2.05, 4.69) is 12.2 Å². The fourth-order valence-electron chi connectivity index (χ4n) is 1.71. The minimum absolute atomic E-state index is 0.251. The molecule has 0 saturated heterocycles. The topological polar surface area (TPSA) is 54.7 Å². The van der Waals surface area contributed by atoms with E-state index in [1.807, 2.05) is 26.8 Å². The van der Waals surface area contributed by atoms with Crippen LogP contribution < -0.4 is 5.32 Å². The fraction of sp³-hybridized carbons (Fsp3) is 0.667. The number of hydrogen-bond donors (Lipinski definition) is 1. The van der Waals surface area contributed by atoms with Gasteiger partial charge in [-0.15, -0.1) is 0 Å². The van der Waals surface area contributed by atoms with Crippen molar-refractivity contribution in [1.29, 1.82) is 0 Å². The van der Waals surface area contributed by atoms with E-state index in [-0.39, 0.29) is 12.1 Å². The maximum absolute atomic E-state index is 11.7. The Hall–Kier alpha value is -1.49. The maximum Gasteiger partial charge on any atom is 0.410 e. The third-order valence-electron chi connectivity index (χ3n) is 2.87. The second-order valence-corrected chi connectivity index (χ2v) is 5.99. The maximum atomic E-state index is 11.7. The molecule has 1 N–H and O–H groups in total. The van der Waals surface area contributed by atoms with Crippen molar-refractivity contribution in [3.63, 3.8) is 0 Å². The van der Waals surface area contributed by atoms with E-state index < -0.39 is 5.60 Å². The van der Waals surface area contributed by atoms with Crippen LogP contribution in [0.3, 0.4) is 0 Å². The van der Waals surface area contributed by atoms with Gasteiger partial charge in [0.05, 0.1) is 12.5 Å². The summed E-state index contributed by atoms with van der Waals surface area (Å²) in [5, 5.41) is 3.39. The Bertz CT molecular complexity index is 396. The van der Waals surface area contributed by atoms with Crippen molar-refractivity contribution < 1.29 is 13.9 Å². The summed E-state index contributed by atoms with van der Waals surface area (Å²) in [7, 11) is 1.76. The number of carbonyl (C=O) groups excluding carboxylic acids is 1. The molecule has 0 bridgehead atoms. The summed E-state index contributed by atoms with van der Waals surface area (Å²) in [4.78, 5) is 13.4. The summed E-state index contributed by atoms with van der Waals surface area (Å²) in [6.07, 6.45) is 4.01. The van der Waals surface area contributed by atoms with Gasteiger partial charge in [-0.3, -0.25) is 0 Å². The Morgan fingerprint density at radius 2 is 2.20 bits per heavy atom. The van der Waals surface area contributed by atoms with Gasteiger partial charge in [0.2, 0.25) is 0 Å². The summed E-state index contributed by atoms with van der Waals surface area (Å²) in [6, 6.07) is 2.20. The molecule has 1 atom stereocenters. The molecule has 0 saturated carbocycles. The number of carbonyl (C=O) groups is 1. The Morgan fingerprint density at radius 1 is 1.50 bits per heavy atom. The van der Waals surface area contributed by atoms with E-state index in [4.69, 9.17) is 9.15 Å². The number of amides is 1. The molecule has 20 heavy (non-hydrogen) atoms. The van der Waals surface area contributed by atoms with Crippen LogP contribution in [0.15, 0.2) is 23.0 Å². The van der Waals surface area contributed by atoms with Gasteiger partial charge >= 0.3 is 6.09 Å². The van der Waals surface area contributed by atoms with Gasteiger partial charge in [0.15, 0.2) is 0 Å². The summed E-state index contributed by atoms with van der Waals surface area (Å²) >= 11 is 0. The molecule has 1 heterocycles. The van der Waals surface area contributed by atoms with Crippen molar-refractivity contribution in [2.75, 3.05) is 20.1 Å². The normalized spacial score (nSPS) is 13.1. The number of ether oxygens (including phenoxy) is 1. The lowest BCUT2D eigenvalue weighted by molar-refractivity contribution is 0.0297. The lowest BCUT2D eigenvalue weighted by Crippen LogP contribution is -2.35. The van der Waals surface area contributed by atoms with Gasteiger partial charge in [0, 0.05) is 25.2 Å². The Balaban J connectivity index is 2.19. The lowest BCUT2D eigenvalue weighted by atomic mass is 10.2. The molecule has 0 radical (unpaired) electrons. The molecule has 1 aromatic heterocycles. The van der Waals surface area contributed by atoms with Crippen molar-refractivity contribution in [1.82, 2.24) is 10.2 Å². The highest BCUT2D eigenvalue weighted by Crippen LogP contribution is 2.12. The molecule has 1 unspecified atom stereocenters. The zero-order valence-electron chi connectivity index (χ0n) is 13.1. The van der Waals surface area contributed by atoms with Gasteiger partial charge in [-0.1, -0.05) is 0 Å². The van der Waals surface area contributed by atoms with E-state index in [0.717, 1.165) is 18.5 Å². The third-order valence-corrected chi connectivity index (χ3v) is 2.87. The average Bonchev–Trinajstić information content (AvgIpc) is 2.85. The molecule has 0 aliphatic rings. The Labute approximate surface area is 121 Å². The Morgan fingerprint density at radius 3 is 2.75 bits per heavy atom. The first kappa shape index (κ1) is 16.6. The van der Waals surface area contributed by atoms with Crippen LogP contribution >= 0.6 is 0 Å². The minimum Gasteiger partial charge on any atom is -0.472 e. The number of hydrogen-bond acceptors (Lipinski definition) is 4. The first-order valence-corrected chi connectivity index (χ1v) is 6.99. The monoisotopic (exact) mass is 282 g/mol. The molecule has 0 spiro atoms. The van der Waals surface area contributed by atoms with Gasteiger partial charge in [0.25, 0.3) is 0 Å². The molecule has 0 aromatic carbocycles. The van der Waals surface area contributed by atoms with E-state index in [1.165, 1.54) is 0 Å². The molecule has 1 aromatic rings. The first-order chi connectivity index (χ1) is 9.29. The number of nitrogens with zero attached hydrogens (tertiary/aromatic N) is 1. The molecule has 0 aliphatic carbocycles. The average molecular weight is 282 g/mol. The molecule has 5 nitrogen and oxygen atoms in total. The van der Waals surface area contributed by atoms with Gasteiger partial charge in [-0.05, 0) is 46.7 Å². The van der Waals surface area contributed by atoms with Crippen molar-refractivity contribution in [3.05, 3.63) is 24.2 Å². The molecule has 0 fully saturated rings. The van der Waals surface area contributed by atoms with E-state index >= 15 is 0 Å². The van der Waals surface area contributed by atoms with E-state index in [9.17, 15) is 4.79 Å². The van der Waals surface area contributed by atoms with Crippen LogP contribution in [0.5, 0.6) is 0 Å². The van der Waals surface area contributed by atoms with Crippen molar-refractivity contribution in [2.45, 2.75) is 45.8 Å². The molecule has 0 aliphatic heterocycles. The van der Waals surface area contributed by atoms with Crippen LogP contribution in [-0.2, 0) is 4.74 Å². The molecular formula is C15H26N2O3. The quantitative estimate of drug-likeness (QED) is 0.814. The lowest BCUT2D eigenvalue weighted by Gasteiger charge is -2.24. The highest BCUT2D eigenvalue weighted by Gasteiger charge is 2.19. The number of furan rings is 1. The minimum atomic E-state index is -0.445. The highest BCUT2D eigenvalue weighted by molar-refractivity contribution is 5.67. The second-order valence-electron chi connectivity index (χ2n) is 5.99. The zero-order chi connectivity index (χ0) is 15.2. The molecule has 1 rings (SSSR count). The van der Waals surface area contributed by atoms with Crippen LogP contribution in [0.25, 0.3) is 0 Å². The van der Waals surface area contributed by atoms with Crippen molar-refractivity contribution >= 4 is 6.09 Å².